The van der Waals surface area contributed by atoms with Gasteiger partial charge in [-0.1, -0.05) is 6.92 Å². The van der Waals surface area contributed by atoms with Gasteiger partial charge in [-0.15, -0.1) is 0 Å². The molecule has 0 amide bonds. The van der Waals surface area contributed by atoms with Gasteiger partial charge in [0.2, 0.25) is 0 Å². The fraction of sp³-hybridized carbons (Fsp3) is 1.00. The van der Waals surface area contributed by atoms with Gasteiger partial charge in [0.25, 0.3) is 0 Å². The molecule has 1 N–H and O–H groups in total. The van der Waals surface area contributed by atoms with E-state index in [2.05, 4.69) is 28.7 Å². The zero-order valence-electron chi connectivity index (χ0n) is 12.0. The Morgan fingerprint density at radius 1 is 1.17 bits per heavy atom. The summed E-state index contributed by atoms with van der Waals surface area (Å²) in [7, 11) is 2.24. The zero-order chi connectivity index (χ0) is 13.0. The van der Waals surface area contributed by atoms with Crippen molar-refractivity contribution in [2.45, 2.75) is 38.3 Å². The fourth-order valence-electron chi connectivity index (χ4n) is 3.18. The number of likely N-dealkylation sites (tertiary alicyclic amines) is 1. The van der Waals surface area contributed by atoms with Gasteiger partial charge in [-0.2, -0.15) is 0 Å². The van der Waals surface area contributed by atoms with Crippen LogP contribution in [0.1, 0.15) is 26.2 Å². The van der Waals surface area contributed by atoms with Crippen molar-refractivity contribution in [2.24, 2.45) is 0 Å². The maximum absolute atomic E-state index is 9.70. The Morgan fingerprint density at radius 2 is 1.89 bits per heavy atom. The molecule has 0 aromatic heterocycles. The van der Waals surface area contributed by atoms with E-state index in [1.54, 1.807) is 0 Å². The van der Waals surface area contributed by atoms with Crippen LogP contribution in [0.25, 0.3) is 0 Å². The largest absolute Gasteiger partial charge is 0.392 e. The number of hydrogen-bond acceptors (Lipinski definition) is 4. The van der Waals surface area contributed by atoms with E-state index >= 15 is 0 Å². The van der Waals surface area contributed by atoms with Crippen LogP contribution in [0.15, 0.2) is 0 Å². The Balaban J connectivity index is 1.72. The predicted octanol–water partition coefficient (Wildman–Crippen LogP) is 0.469. The number of piperazine rings is 1. The normalized spacial score (nSPS) is 30.5. The molecular weight excluding hydrogens is 226 g/mol. The average molecular weight is 255 g/mol. The number of hydrogen-bond donors (Lipinski definition) is 1. The lowest BCUT2D eigenvalue weighted by molar-refractivity contribution is 0.0367. The van der Waals surface area contributed by atoms with Crippen LogP contribution in [0.5, 0.6) is 0 Å². The van der Waals surface area contributed by atoms with E-state index in [0.29, 0.717) is 0 Å². The Morgan fingerprint density at radius 3 is 2.50 bits per heavy atom. The molecule has 2 rings (SSSR count). The Kier molecular flexibility index (Phi) is 5.42. The van der Waals surface area contributed by atoms with Gasteiger partial charge in [0.05, 0.1) is 6.10 Å². The van der Waals surface area contributed by atoms with Gasteiger partial charge in [-0.3, -0.25) is 9.80 Å². The molecule has 106 valence electrons. The molecule has 2 fully saturated rings. The van der Waals surface area contributed by atoms with Crippen LogP contribution in [0.2, 0.25) is 0 Å². The van der Waals surface area contributed by atoms with Gasteiger partial charge in [-0.25, -0.2) is 0 Å². The first-order valence-electron chi connectivity index (χ1n) is 7.52. The van der Waals surface area contributed by atoms with Crippen LogP contribution in [-0.2, 0) is 0 Å². The van der Waals surface area contributed by atoms with E-state index in [-0.39, 0.29) is 6.10 Å². The summed E-state index contributed by atoms with van der Waals surface area (Å²) in [5.74, 6) is 0. The molecule has 0 aromatic rings. The smallest absolute Gasteiger partial charge is 0.0664 e. The highest BCUT2D eigenvalue weighted by molar-refractivity contribution is 4.83. The summed E-state index contributed by atoms with van der Waals surface area (Å²) in [6.45, 7) is 10.0. The average Bonchev–Trinajstić information content (AvgIpc) is 2.39. The summed E-state index contributed by atoms with van der Waals surface area (Å²) in [4.78, 5) is 7.53. The number of piperidine rings is 1. The van der Waals surface area contributed by atoms with Crippen molar-refractivity contribution in [2.75, 3.05) is 52.9 Å². The van der Waals surface area contributed by atoms with Crippen LogP contribution in [0, 0.1) is 0 Å². The molecule has 0 aromatic carbocycles. The SMILES string of the molecule is CCC(O)CN1CCN(C2CCCN(C)C2)CC1. The van der Waals surface area contributed by atoms with E-state index in [4.69, 9.17) is 0 Å². The van der Waals surface area contributed by atoms with Crippen molar-refractivity contribution in [1.29, 1.82) is 0 Å². The maximum atomic E-state index is 9.70. The number of β-amino-alcohol motifs (C(OH)–C–C–N with tert-alkyl or cyclic N) is 1. The summed E-state index contributed by atoms with van der Waals surface area (Å²) in [6, 6.07) is 0.766. The van der Waals surface area contributed by atoms with Gasteiger partial charge in [0.15, 0.2) is 0 Å². The maximum Gasteiger partial charge on any atom is 0.0664 e. The quantitative estimate of drug-likeness (QED) is 0.791. The highest BCUT2D eigenvalue weighted by atomic mass is 16.3. The first-order valence-corrected chi connectivity index (χ1v) is 7.52. The molecule has 0 bridgehead atoms. The van der Waals surface area contributed by atoms with Crippen LogP contribution in [0.4, 0.5) is 0 Å². The topological polar surface area (TPSA) is 30.0 Å². The van der Waals surface area contributed by atoms with Gasteiger partial charge in [0, 0.05) is 45.3 Å². The monoisotopic (exact) mass is 255 g/mol. The van der Waals surface area contributed by atoms with Gasteiger partial charge in [0.1, 0.15) is 0 Å². The van der Waals surface area contributed by atoms with Crippen molar-refractivity contribution >= 4 is 0 Å². The molecule has 2 heterocycles. The van der Waals surface area contributed by atoms with Crippen molar-refractivity contribution in [3.63, 3.8) is 0 Å². The van der Waals surface area contributed by atoms with E-state index in [9.17, 15) is 5.11 Å². The third-order valence-electron chi connectivity index (χ3n) is 4.46. The van der Waals surface area contributed by atoms with Gasteiger partial charge < -0.3 is 10.0 Å². The molecule has 0 radical (unpaired) electrons. The minimum atomic E-state index is -0.141. The van der Waals surface area contributed by atoms with Gasteiger partial charge in [-0.05, 0) is 32.9 Å². The second-order valence-corrected chi connectivity index (χ2v) is 5.96. The van der Waals surface area contributed by atoms with Crippen LogP contribution >= 0.6 is 0 Å². The number of rotatable bonds is 4. The lowest BCUT2D eigenvalue weighted by atomic mass is 10.0. The number of nitrogens with zero attached hydrogens (tertiary/aromatic N) is 3. The van der Waals surface area contributed by atoms with Crippen LogP contribution in [0.3, 0.4) is 0 Å². The molecule has 2 unspecified atom stereocenters. The first kappa shape index (κ1) is 14.3. The second kappa shape index (κ2) is 6.85. The minimum Gasteiger partial charge on any atom is -0.392 e. The third-order valence-corrected chi connectivity index (χ3v) is 4.46. The molecule has 0 aliphatic carbocycles. The highest BCUT2D eigenvalue weighted by Crippen LogP contribution is 2.16. The fourth-order valence-corrected chi connectivity index (χ4v) is 3.18. The summed E-state index contributed by atoms with van der Waals surface area (Å²) in [5.41, 5.74) is 0. The molecule has 4 heteroatoms. The molecule has 2 atom stereocenters. The molecule has 2 aliphatic rings. The minimum absolute atomic E-state index is 0.141. The second-order valence-electron chi connectivity index (χ2n) is 5.96. The first-order chi connectivity index (χ1) is 8.69. The van der Waals surface area contributed by atoms with Crippen LogP contribution < -0.4 is 0 Å². The van der Waals surface area contributed by atoms with E-state index in [1.165, 1.54) is 39.0 Å². The highest BCUT2D eigenvalue weighted by Gasteiger charge is 2.27. The Bertz CT molecular complexity index is 241. The molecule has 18 heavy (non-hydrogen) atoms. The molecule has 4 nitrogen and oxygen atoms in total. The van der Waals surface area contributed by atoms with Crippen molar-refractivity contribution < 1.29 is 5.11 Å². The Labute approximate surface area is 112 Å². The molecular formula is C14H29N3O. The van der Waals surface area contributed by atoms with Crippen molar-refractivity contribution in [3.05, 3.63) is 0 Å². The van der Waals surface area contributed by atoms with E-state index in [0.717, 1.165) is 32.1 Å². The van der Waals surface area contributed by atoms with E-state index < -0.39 is 0 Å². The lowest BCUT2D eigenvalue weighted by Crippen LogP contribution is -2.55. The lowest BCUT2D eigenvalue weighted by Gasteiger charge is -2.43. The summed E-state index contributed by atoms with van der Waals surface area (Å²) in [5, 5.41) is 9.70. The standard InChI is InChI=1S/C14H29N3O/c1-3-14(18)12-16-7-9-17(10-8-16)13-5-4-6-15(2)11-13/h13-14,18H,3-12H2,1-2H3. The van der Waals surface area contributed by atoms with Crippen LogP contribution in [-0.4, -0.2) is 84.8 Å². The van der Waals surface area contributed by atoms with Crippen molar-refractivity contribution in [3.8, 4) is 0 Å². The molecule has 2 saturated heterocycles. The third kappa shape index (κ3) is 3.92. The predicted molar refractivity (Wildman–Crippen MR) is 74.8 cm³/mol. The summed E-state index contributed by atoms with van der Waals surface area (Å²) < 4.78 is 0. The van der Waals surface area contributed by atoms with E-state index in [1.807, 2.05) is 0 Å². The summed E-state index contributed by atoms with van der Waals surface area (Å²) in [6.07, 6.45) is 3.43. The number of aliphatic hydroxyl groups is 1. The number of aliphatic hydroxyl groups excluding tert-OH is 1. The molecule has 2 aliphatic heterocycles. The molecule has 0 saturated carbocycles. The molecule has 0 spiro atoms. The van der Waals surface area contributed by atoms with Crippen molar-refractivity contribution in [1.82, 2.24) is 14.7 Å². The zero-order valence-corrected chi connectivity index (χ0v) is 12.0. The van der Waals surface area contributed by atoms with Gasteiger partial charge >= 0.3 is 0 Å². The Hall–Kier alpha value is -0.160. The number of likely N-dealkylation sites (N-methyl/N-ethyl adjacent to an activating group) is 1. The summed E-state index contributed by atoms with van der Waals surface area (Å²) >= 11 is 0.